The van der Waals surface area contributed by atoms with Gasteiger partial charge in [0.15, 0.2) is 9.84 Å². The van der Waals surface area contributed by atoms with Gasteiger partial charge in [-0.15, -0.1) is 11.8 Å². The molecule has 0 radical (unpaired) electrons. The lowest BCUT2D eigenvalue weighted by Crippen LogP contribution is -2.49. The second kappa shape index (κ2) is 8.08. The fraction of sp³-hybridized carbons (Fsp3) is 0.611. The van der Waals surface area contributed by atoms with Crippen LogP contribution in [0.3, 0.4) is 0 Å². The molecule has 0 aromatic heterocycles. The van der Waals surface area contributed by atoms with Crippen LogP contribution < -0.4 is 0 Å². The lowest BCUT2D eigenvalue weighted by Gasteiger charge is -2.38. The van der Waals surface area contributed by atoms with Gasteiger partial charge in [-0.2, -0.15) is 0 Å². The van der Waals surface area contributed by atoms with Crippen LogP contribution in [-0.2, 0) is 14.6 Å². The number of hydrogen-bond donors (Lipinski definition) is 0. The predicted octanol–water partition coefficient (Wildman–Crippen LogP) is 3.27. The van der Waals surface area contributed by atoms with E-state index in [-0.39, 0.29) is 41.1 Å². The smallest absolute Gasteiger partial charge is 0.233 e. The molecule has 1 aliphatic carbocycles. The molecule has 7 heteroatoms. The summed E-state index contributed by atoms with van der Waals surface area (Å²) in [6.07, 6.45) is 5.72. The summed E-state index contributed by atoms with van der Waals surface area (Å²) < 4.78 is 37.5. The van der Waals surface area contributed by atoms with E-state index in [2.05, 4.69) is 0 Å². The third-order valence-corrected chi connectivity index (χ3v) is 7.83. The van der Waals surface area contributed by atoms with Crippen LogP contribution in [0.4, 0.5) is 4.39 Å². The van der Waals surface area contributed by atoms with Gasteiger partial charge < -0.3 is 4.90 Å². The van der Waals surface area contributed by atoms with Crippen molar-refractivity contribution in [3.63, 3.8) is 0 Å². The van der Waals surface area contributed by atoms with Gasteiger partial charge in [0.2, 0.25) is 5.91 Å². The Labute approximate surface area is 153 Å². The van der Waals surface area contributed by atoms with Gasteiger partial charge in [0, 0.05) is 17.0 Å². The lowest BCUT2D eigenvalue weighted by atomic mass is 9.93. The van der Waals surface area contributed by atoms with E-state index in [1.54, 1.807) is 18.2 Å². The Hall–Kier alpha value is -1.08. The van der Waals surface area contributed by atoms with Crippen LogP contribution in [0.15, 0.2) is 29.2 Å². The van der Waals surface area contributed by atoms with Crippen molar-refractivity contribution >= 4 is 27.5 Å². The maximum atomic E-state index is 13.8. The lowest BCUT2D eigenvalue weighted by molar-refractivity contribution is -0.133. The van der Waals surface area contributed by atoms with Crippen LogP contribution in [-0.4, -0.2) is 48.6 Å². The predicted molar refractivity (Wildman–Crippen MR) is 97.9 cm³/mol. The molecule has 4 nitrogen and oxygen atoms in total. The summed E-state index contributed by atoms with van der Waals surface area (Å²) in [6, 6.07) is 6.33. The number of amides is 1. The standard InChI is InChI=1S/C18H24FNO3S2/c19-16-8-4-5-9-17(16)24-12-18(21)20(14-6-2-1-3-7-14)15-10-11-25(22,23)13-15/h4-5,8-9,14-15H,1-3,6-7,10-13H2. The highest BCUT2D eigenvalue weighted by molar-refractivity contribution is 8.00. The molecule has 1 saturated carbocycles. The highest BCUT2D eigenvalue weighted by atomic mass is 32.2. The zero-order chi connectivity index (χ0) is 17.9. The summed E-state index contributed by atoms with van der Waals surface area (Å²) in [7, 11) is -3.05. The number of carbonyl (C=O) groups excluding carboxylic acids is 1. The van der Waals surface area contributed by atoms with E-state index < -0.39 is 9.84 Å². The molecule has 1 atom stereocenters. The first kappa shape index (κ1) is 18.7. The fourth-order valence-electron chi connectivity index (χ4n) is 3.84. The van der Waals surface area contributed by atoms with Crippen molar-refractivity contribution in [1.29, 1.82) is 0 Å². The number of nitrogens with zero attached hydrogens (tertiary/aromatic N) is 1. The number of hydrogen-bond acceptors (Lipinski definition) is 4. The van der Waals surface area contributed by atoms with Crippen molar-refractivity contribution in [3.05, 3.63) is 30.1 Å². The Morgan fingerprint density at radius 1 is 1.12 bits per heavy atom. The molecule has 2 aliphatic rings. The van der Waals surface area contributed by atoms with E-state index in [0.717, 1.165) is 25.7 Å². The van der Waals surface area contributed by atoms with Crippen LogP contribution in [0.5, 0.6) is 0 Å². The van der Waals surface area contributed by atoms with Gasteiger partial charge in [-0.25, -0.2) is 12.8 Å². The van der Waals surface area contributed by atoms with Gasteiger partial charge in [-0.05, 0) is 31.4 Å². The molecular formula is C18H24FNO3S2. The van der Waals surface area contributed by atoms with Crippen molar-refractivity contribution in [2.45, 2.75) is 55.5 Å². The third-order valence-electron chi connectivity index (χ3n) is 5.05. The Kier molecular flexibility index (Phi) is 6.04. The molecule has 3 rings (SSSR count). The number of carbonyl (C=O) groups is 1. The molecule has 0 N–H and O–H groups in total. The molecule has 0 spiro atoms. The monoisotopic (exact) mass is 385 g/mol. The van der Waals surface area contributed by atoms with E-state index in [1.807, 2.05) is 4.90 Å². The van der Waals surface area contributed by atoms with Crippen LogP contribution in [0.1, 0.15) is 38.5 Å². The number of rotatable bonds is 5. The Morgan fingerprint density at radius 3 is 2.48 bits per heavy atom. The average Bonchev–Trinajstić information content (AvgIpc) is 2.95. The number of halogens is 1. The van der Waals surface area contributed by atoms with Crippen molar-refractivity contribution in [2.24, 2.45) is 0 Å². The Bertz CT molecular complexity index is 717. The molecule has 1 saturated heterocycles. The summed E-state index contributed by atoms with van der Waals surface area (Å²) in [6.45, 7) is 0. The summed E-state index contributed by atoms with van der Waals surface area (Å²) in [5.74, 6) is -0.0161. The molecule has 2 fully saturated rings. The summed E-state index contributed by atoms with van der Waals surface area (Å²) in [5, 5.41) is 0. The topological polar surface area (TPSA) is 54.5 Å². The molecule has 1 aromatic rings. The first-order valence-corrected chi connectivity index (χ1v) is 11.7. The second-order valence-electron chi connectivity index (χ2n) is 6.87. The van der Waals surface area contributed by atoms with E-state index in [1.165, 1.54) is 24.2 Å². The van der Waals surface area contributed by atoms with Gasteiger partial charge in [0.25, 0.3) is 0 Å². The van der Waals surface area contributed by atoms with Crippen LogP contribution in [0, 0.1) is 5.82 Å². The summed E-state index contributed by atoms with van der Waals surface area (Å²) >= 11 is 1.19. The minimum absolute atomic E-state index is 0.0674. The van der Waals surface area contributed by atoms with Crippen molar-refractivity contribution in [2.75, 3.05) is 17.3 Å². The van der Waals surface area contributed by atoms with Gasteiger partial charge in [-0.3, -0.25) is 4.79 Å². The van der Waals surface area contributed by atoms with Gasteiger partial charge in [0.05, 0.1) is 17.3 Å². The SMILES string of the molecule is O=C(CSc1ccccc1F)N(C1CCCCC1)C1CCS(=O)(=O)C1. The first-order chi connectivity index (χ1) is 12.0. The maximum absolute atomic E-state index is 13.8. The van der Waals surface area contributed by atoms with E-state index in [4.69, 9.17) is 0 Å². The summed E-state index contributed by atoms with van der Waals surface area (Å²) in [5.41, 5.74) is 0. The Morgan fingerprint density at radius 2 is 1.84 bits per heavy atom. The number of benzene rings is 1. The van der Waals surface area contributed by atoms with Crippen molar-refractivity contribution < 1.29 is 17.6 Å². The molecule has 138 valence electrons. The molecule has 1 aliphatic heterocycles. The molecule has 0 bridgehead atoms. The quantitative estimate of drug-likeness (QED) is 0.730. The zero-order valence-corrected chi connectivity index (χ0v) is 15.8. The number of thioether (sulfide) groups is 1. The van der Waals surface area contributed by atoms with Gasteiger partial charge in [-0.1, -0.05) is 31.4 Å². The first-order valence-electron chi connectivity index (χ1n) is 8.85. The fourth-order valence-corrected chi connectivity index (χ4v) is 6.36. The van der Waals surface area contributed by atoms with Crippen molar-refractivity contribution in [1.82, 2.24) is 4.90 Å². The van der Waals surface area contributed by atoms with E-state index in [9.17, 15) is 17.6 Å². The van der Waals surface area contributed by atoms with E-state index >= 15 is 0 Å². The average molecular weight is 386 g/mol. The molecule has 1 amide bonds. The normalized spacial score (nSPS) is 23.5. The maximum Gasteiger partial charge on any atom is 0.233 e. The minimum Gasteiger partial charge on any atom is -0.335 e. The molecule has 1 unspecified atom stereocenters. The Balaban J connectivity index is 1.71. The van der Waals surface area contributed by atoms with Gasteiger partial charge >= 0.3 is 0 Å². The summed E-state index contributed by atoms with van der Waals surface area (Å²) in [4.78, 5) is 15.2. The second-order valence-corrected chi connectivity index (χ2v) is 10.1. The largest absolute Gasteiger partial charge is 0.335 e. The van der Waals surface area contributed by atoms with Crippen molar-refractivity contribution in [3.8, 4) is 0 Å². The minimum atomic E-state index is -3.05. The molecule has 1 aromatic carbocycles. The van der Waals surface area contributed by atoms with Gasteiger partial charge in [0.1, 0.15) is 5.82 Å². The highest BCUT2D eigenvalue weighted by Gasteiger charge is 2.38. The van der Waals surface area contributed by atoms with Crippen LogP contribution >= 0.6 is 11.8 Å². The zero-order valence-electron chi connectivity index (χ0n) is 14.2. The third kappa shape index (κ3) is 4.76. The van der Waals surface area contributed by atoms with Crippen LogP contribution in [0.2, 0.25) is 0 Å². The highest BCUT2D eigenvalue weighted by Crippen LogP contribution is 2.30. The van der Waals surface area contributed by atoms with Crippen LogP contribution in [0.25, 0.3) is 0 Å². The molecular weight excluding hydrogens is 361 g/mol. The van der Waals surface area contributed by atoms with E-state index in [0.29, 0.717) is 11.3 Å². The molecule has 1 heterocycles. The molecule has 25 heavy (non-hydrogen) atoms. The number of sulfone groups is 1.